The van der Waals surface area contributed by atoms with Crippen molar-refractivity contribution in [1.82, 2.24) is 15.0 Å². The Kier molecular flexibility index (Phi) is 6.78. The van der Waals surface area contributed by atoms with Gasteiger partial charge in [0.15, 0.2) is 5.75 Å². The summed E-state index contributed by atoms with van der Waals surface area (Å²) in [5.74, 6) is -0.150. The fourth-order valence-electron chi connectivity index (χ4n) is 4.47. The lowest BCUT2D eigenvalue weighted by atomic mass is 10.1. The molecule has 6 rings (SSSR count). The summed E-state index contributed by atoms with van der Waals surface area (Å²) in [6.45, 7) is 0. The maximum absolute atomic E-state index is 12.2. The van der Waals surface area contributed by atoms with Gasteiger partial charge in [-0.3, -0.25) is 4.55 Å². The van der Waals surface area contributed by atoms with Crippen LogP contribution in [0.5, 0.6) is 11.8 Å². The van der Waals surface area contributed by atoms with E-state index >= 15 is 0 Å². The average Bonchev–Trinajstić information content (AvgIpc) is 2.96. The number of nitrogens with one attached hydrogen (secondary N) is 2. The number of anilines is 4. The van der Waals surface area contributed by atoms with E-state index in [2.05, 4.69) is 35.8 Å². The number of hydrogen-bond acceptors (Lipinski definition) is 11. The second-order valence-electron chi connectivity index (χ2n) is 9.05. The molecule has 0 saturated carbocycles. The highest BCUT2D eigenvalue weighted by molar-refractivity contribution is 7.86. The first-order valence-corrected chi connectivity index (χ1v) is 13.9. The molecule has 0 aliphatic rings. The standard InChI is InChI=1S/C29H21N7O5S/c37-25-22(35-36-23-16-13-17-7-4-5-11-20(17)26(23)42(39,40)41)15-14-18-8-6-12-21(24(18)25)31-28-32-27(33-29(38)34-28)30-19-9-2-1-3-10-19/h1-16,37H,(H,39,40,41)(H3,30,31,32,33,34,38). The van der Waals surface area contributed by atoms with Gasteiger partial charge in [-0.1, -0.05) is 66.7 Å². The SMILES string of the molecule is O=S(=O)(O)c1c(N=Nc2ccc3cccc(Nc4nc(O)nc(Nc5ccccc5)n4)c3c2O)ccc2ccccc12. The van der Waals surface area contributed by atoms with Crippen LogP contribution in [0.2, 0.25) is 0 Å². The normalized spacial score (nSPS) is 11.7. The largest absolute Gasteiger partial charge is 0.505 e. The van der Waals surface area contributed by atoms with E-state index in [0.717, 1.165) is 0 Å². The molecule has 13 heteroatoms. The van der Waals surface area contributed by atoms with Crippen molar-refractivity contribution in [2.24, 2.45) is 10.2 Å². The lowest BCUT2D eigenvalue weighted by Gasteiger charge is -2.12. The topological polar surface area (TPSA) is 182 Å². The van der Waals surface area contributed by atoms with Crippen LogP contribution in [-0.2, 0) is 10.1 Å². The molecule has 0 aliphatic heterocycles. The molecule has 0 amide bonds. The number of para-hydroxylation sites is 1. The second-order valence-corrected chi connectivity index (χ2v) is 10.4. The minimum absolute atomic E-state index is 0.00817. The Bertz CT molecular complexity index is 2110. The van der Waals surface area contributed by atoms with E-state index in [1.54, 1.807) is 54.6 Å². The molecule has 42 heavy (non-hydrogen) atoms. The molecule has 1 heterocycles. The monoisotopic (exact) mass is 579 g/mol. The summed E-state index contributed by atoms with van der Waals surface area (Å²) in [4.78, 5) is 11.8. The van der Waals surface area contributed by atoms with Gasteiger partial charge in [0.2, 0.25) is 11.9 Å². The van der Waals surface area contributed by atoms with E-state index in [0.29, 0.717) is 27.5 Å². The Hall–Kier alpha value is -5.66. The summed E-state index contributed by atoms with van der Waals surface area (Å²) in [6, 6.07) is 26.8. The zero-order valence-electron chi connectivity index (χ0n) is 21.5. The second kappa shape index (κ2) is 10.7. The number of phenols is 1. The first kappa shape index (κ1) is 26.6. The number of phenolic OH excluding ortho intramolecular Hbond substituents is 1. The molecule has 12 nitrogen and oxygen atoms in total. The van der Waals surface area contributed by atoms with Gasteiger partial charge in [0.25, 0.3) is 10.1 Å². The van der Waals surface area contributed by atoms with Crippen molar-refractivity contribution in [3.63, 3.8) is 0 Å². The van der Waals surface area contributed by atoms with Crippen molar-refractivity contribution in [1.29, 1.82) is 0 Å². The summed E-state index contributed by atoms with van der Waals surface area (Å²) >= 11 is 0. The van der Waals surface area contributed by atoms with Crippen LogP contribution >= 0.6 is 0 Å². The van der Waals surface area contributed by atoms with Crippen LogP contribution in [0.25, 0.3) is 21.5 Å². The molecule has 5 aromatic carbocycles. The number of benzene rings is 5. The maximum Gasteiger partial charge on any atom is 0.320 e. The summed E-state index contributed by atoms with van der Waals surface area (Å²) < 4.78 is 34.4. The molecule has 1 aromatic heterocycles. The summed E-state index contributed by atoms with van der Waals surface area (Å²) in [5, 5.41) is 37.4. The molecule has 5 N–H and O–H groups in total. The quantitative estimate of drug-likeness (QED) is 0.100. The Morgan fingerprint density at radius 2 is 1.29 bits per heavy atom. The number of aromatic nitrogens is 3. The molecule has 0 aliphatic carbocycles. The zero-order valence-corrected chi connectivity index (χ0v) is 22.4. The van der Waals surface area contributed by atoms with E-state index in [9.17, 15) is 23.2 Å². The molecular weight excluding hydrogens is 558 g/mol. The Morgan fingerprint density at radius 1 is 0.643 bits per heavy atom. The molecule has 0 spiro atoms. The number of azo groups is 1. The van der Waals surface area contributed by atoms with Gasteiger partial charge in [-0.2, -0.15) is 23.4 Å². The van der Waals surface area contributed by atoms with Gasteiger partial charge in [0.1, 0.15) is 16.3 Å². The summed E-state index contributed by atoms with van der Waals surface area (Å²) in [7, 11) is -4.65. The van der Waals surface area contributed by atoms with Gasteiger partial charge < -0.3 is 20.8 Å². The van der Waals surface area contributed by atoms with Crippen molar-refractivity contribution < 1.29 is 23.2 Å². The highest BCUT2D eigenvalue weighted by atomic mass is 32.2. The number of hydrogen-bond donors (Lipinski definition) is 5. The van der Waals surface area contributed by atoms with Crippen molar-refractivity contribution in [2.75, 3.05) is 10.6 Å². The third-order valence-corrected chi connectivity index (χ3v) is 7.22. The van der Waals surface area contributed by atoms with Crippen LogP contribution in [0.3, 0.4) is 0 Å². The summed E-state index contributed by atoms with van der Waals surface area (Å²) in [5.41, 5.74) is 1.04. The molecule has 0 fully saturated rings. The molecule has 0 radical (unpaired) electrons. The van der Waals surface area contributed by atoms with E-state index in [1.807, 2.05) is 30.3 Å². The van der Waals surface area contributed by atoms with Crippen LogP contribution in [-0.4, -0.2) is 38.1 Å². The van der Waals surface area contributed by atoms with Crippen LogP contribution in [0.15, 0.2) is 112 Å². The first-order chi connectivity index (χ1) is 20.3. The predicted octanol–water partition coefficient (Wildman–Crippen LogP) is 6.74. The van der Waals surface area contributed by atoms with Crippen molar-refractivity contribution in [2.45, 2.75) is 4.90 Å². The van der Waals surface area contributed by atoms with Gasteiger partial charge in [-0.25, -0.2) is 0 Å². The average molecular weight is 580 g/mol. The Labute approximate surface area is 238 Å². The lowest BCUT2D eigenvalue weighted by Crippen LogP contribution is -2.03. The Morgan fingerprint density at radius 3 is 2.07 bits per heavy atom. The molecule has 0 unspecified atom stereocenters. The van der Waals surface area contributed by atoms with Gasteiger partial charge in [0.05, 0.1) is 5.69 Å². The molecule has 208 valence electrons. The van der Waals surface area contributed by atoms with E-state index in [4.69, 9.17) is 0 Å². The highest BCUT2D eigenvalue weighted by Crippen LogP contribution is 2.41. The minimum Gasteiger partial charge on any atom is -0.505 e. The third-order valence-electron chi connectivity index (χ3n) is 6.28. The third kappa shape index (κ3) is 5.37. The molecule has 0 saturated heterocycles. The first-order valence-electron chi connectivity index (χ1n) is 12.5. The fraction of sp³-hybridized carbons (Fsp3) is 0. The predicted molar refractivity (Wildman–Crippen MR) is 158 cm³/mol. The molecular formula is C29H21N7O5S. The number of fused-ring (bicyclic) bond motifs is 2. The number of nitrogens with zero attached hydrogens (tertiary/aromatic N) is 5. The van der Waals surface area contributed by atoms with E-state index in [1.165, 1.54) is 12.1 Å². The van der Waals surface area contributed by atoms with Crippen LogP contribution < -0.4 is 10.6 Å². The fourth-order valence-corrected chi connectivity index (χ4v) is 5.31. The van der Waals surface area contributed by atoms with Crippen molar-refractivity contribution in [3.8, 4) is 11.8 Å². The zero-order chi connectivity index (χ0) is 29.3. The van der Waals surface area contributed by atoms with Gasteiger partial charge in [-0.05, 0) is 41.1 Å². The van der Waals surface area contributed by atoms with Crippen LogP contribution in [0, 0.1) is 0 Å². The molecule has 6 aromatic rings. The van der Waals surface area contributed by atoms with Crippen LogP contribution in [0.1, 0.15) is 0 Å². The lowest BCUT2D eigenvalue weighted by molar-refractivity contribution is 0.430. The molecule has 0 atom stereocenters. The smallest absolute Gasteiger partial charge is 0.320 e. The summed E-state index contributed by atoms with van der Waals surface area (Å²) in [6.07, 6.45) is 0. The molecule has 0 bridgehead atoms. The highest BCUT2D eigenvalue weighted by Gasteiger charge is 2.20. The van der Waals surface area contributed by atoms with Crippen LogP contribution in [0.4, 0.5) is 34.6 Å². The maximum atomic E-state index is 12.2. The van der Waals surface area contributed by atoms with E-state index in [-0.39, 0.29) is 39.3 Å². The van der Waals surface area contributed by atoms with Gasteiger partial charge in [-0.15, -0.1) is 10.2 Å². The van der Waals surface area contributed by atoms with Crippen molar-refractivity contribution in [3.05, 3.63) is 97.1 Å². The van der Waals surface area contributed by atoms with E-state index < -0.39 is 16.1 Å². The van der Waals surface area contributed by atoms with Crippen molar-refractivity contribution >= 4 is 66.3 Å². The van der Waals surface area contributed by atoms with Gasteiger partial charge in [0, 0.05) is 16.5 Å². The number of rotatable bonds is 7. The Balaban J connectivity index is 1.38. The number of aromatic hydroxyl groups is 2. The minimum atomic E-state index is -4.65. The van der Waals surface area contributed by atoms with Gasteiger partial charge >= 0.3 is 6.01 Å².